The number of piperazine rings is 1. The van der Waals surface area contributed by atoms with E-state index in [9.17, 15) is 0 Å². The van der Waals surface area contributed by atoms with Crippen molar-refractivity contribution in [3.63, 3.8) is 0 Å². The molecule has 26 heavy (non-hydrogen) atoms. The maximum atomic E-state index is 5.56. The number of para-hydroxylation sites is 1. The van der Waals surface area contributed by atoms with Crippen LogP contribution in [-0.2, 0) is 6.54 Å². The van der Waals surface area contributed by atoms with Crippen molar-refractivity contribution in [1.29, 1.82) is 0 Å². The molecule has 0 unspecified atom stereocenters. The van der Waals surface area contributed by atoms with Gasteiger partial charge in [-0.1, -0.05) is 23.4 Å². The van der Waals surface area contributed by atoms with Crippen LogP contribution in [0, 0.1) is 0 Å². The molecule has 1 aliphatic rings. The van der Waals surface area contributed by atoms with Crippen molar-refractivity contribution in [2.24, 2.45) is 0 Å². The third kappa shape index (κ3) is 3.55. The molecule has 2 aromatic heterocycles. The van der Waals surface area contributed by atoms with Crippen molar-refractivity contribution in [3.05, 3.63) is 60.5 Å². The molecule has 4 rings (SSSR count). The lowest BCUT2D eigenvalue weighted by Gasteiger charge is -2.34. The molecule has 0 spiro atoms. The monoisotopic (exact) mass is 350 g/mol. The minimum absolute atomic E-state index is 0.762. The Bertz CT molecular complexity index is 842. The van der Waals surface area contributed by atoms with E-state index in [2.05, 4.69) is 26.0 Å². The Kier molecular flexibility index (Phi) is 4.84. The molecule has 134 valence electrons. The average molecular weight is 350 g/mol. The van der Waals surface area contributed by atoms with Gasteiger partial charge < -0.3 is 14.2 Å². The summed E-state index contributed by atoms with van der Waals surface area (Å²) in [7, 11) is 1.67. The number of methoxy groups -OCH3 is 1. The van der Waals surface area contributed by atoms with Crippen LogP contribution in [0.1, 0.15) is 5.76 Å². The summed E-state index contributed by atoms with van der Waals surface area (Å²) in [5, 5.41) is 4.22. The van der Waals surface area contributed by atoms with Gasteiger partial charge in [-0.3, -0.25) is 4.90 Å². The van der Waals surface area contributed by atoms with E-state index in [1.54, 1.807) is 7.11 Å². The highest BCUT2D eigenvalue weighted by Crippen LogP contribution is 2.29. The Labute approximate surface area is 153 Å². The fourth-order valence-corrected chi connectivity index (χ4v) is 3.27. The van der Waals surface area contributed by atoms with E-state index >= 15 is 0 Å². The second-order valence-corrected chi connectivity index (χ2v) is 6.33. The lowest BCUT2D eigenvalue weighted by Crippen LogP contribution is -2.46. The second-order valence-electron chi connectivity index (χ2n) is 6.33. The van der Waals surface area contributed by atoms with Gasteiger partial charge in [0.2, 0.25) is 0 Å². The molecule has 1 saturated heterocycles. The predicted octanol–water partition coefficient (Wildman–Crippen LogP) is 3.07. The summed E-state index contributed by atoms with van der Waals surface area (Å²) in [5.41, 5.74) is 1.76. The number of nitrogens with zero attached hydrogens (tertiary/aromatic N) is 4. The molecule has 0 bridgehead atoms. The first-order valence-corrected chi connectivity index (χ1v) is 8.81. The Morgan fingerprint density at radius 3 is 2.62 bits per heavy atom. The van der Waals surface area contributed by atoms with Crippen molar-refractivity contribution in [3.8, 4) is 17.0 Å². The molecule has 3 heterocycles. The van der Waals surface area contributed by atoms with Crippen LogP contribution in [0.5, 0.6) is 5.75 Å². The summed E-state index contributed by atoms with van der Waals surface area (Å²) in [6.07, 6.45) is 1.84. The van der Waals surface area contributed by atoms with Crippen LogP contribution < -0.4 is 9.64 Å². The van der Waals surface area contributed by atoms with Gasteiger partial charge >= 0.3 is 0 Å². The molecule has 1 aromatic carbocycles. The number of aromatic nitrogens is 2. The zero-order valence-electron chi connectivity index (χ0n) is 14.8. The quantitative estimate of drug-likeness (QED) is 0.705. The van der Waals surface area contributed by atoms with Crippen LogP contribution in [0.15, 0.2) is 59.3 Å². The van der Waals surface area contributed by atoms with Gasteiger partial charge in [-0.25, -0.2) is 4.98 Å². The molecule has 1 fully saturated rings. The van der Waals surface area contributed by atoms with E-state index in [4.69, 9.17) is 9.26 Å². The Balaban J connectivity index is 1.38. The summed E-state index contributed by atoms with van der Waals surface area (Å²) in [4.78, 5) is 9.13. The van der Waals surface area contributed by atoms with Crippen LogP contribution in [-0.4, -0.2) is 48.3 Å². The molecule has 0 atom stereocenters. The normalized spacial score (nSPS) is 15.2. The van der Waals surface area contributed by atoms with Crippen LogP contribution in [0.25, 0.3) is 11.3 Å². The molecule has 0 radical (unpaired) electrons. The largest absolute Gasteiger partial charge is 0.496 e. The number of ether oxygens (including phenoxy) is 1. The predicted molar refractivity (Wildman–Crippen MR) is 100 cm³/mol. The molecule has 6 nitrogen and oxygen atoms in total. The van der Waals surface area contributed by atoms with Crippen molar-refractivity contribution in [2.45, 2.75) is 6.54 Å². The first-order valence-electron chi connectivity index (χ1n) is 8.81. The van der Waals surface area contributed by atoms with E-state index in [1.807, 2.05) is 48.7 Å². The molecule has 0 aliphatic carbocycles. The Morgan fingerprint density at radius 1 is 1.04 bits per heavy atom. The topological polar surface area (TPSA) is 54.6 Å². The van der Waals surface area contributed by atoms with E-state index in [0.717, 1.165) is 61.3 Å². The smallest absolute Gasteiger partial charge is 0.151 e. The highest BCUT2D eigenvalue weighted by Gasteiger charge is 2.20. The molecule has 1 aliphatic heterocycles. The summed E-state index contributed by atoms with van der Waals surface area (Å²) in [6.45, 7) is 4.63. The average Bonchev–Trinajstić information content (AvgIpc) is 3.17. The first-order chi connectivity index (χ1) is 12.8. The Hall–Kier alpha value is -2.86. The van der Waals surface area contributed by atoms with Gasteiger partial charge in [-0.05, 0) is 24.3 Å². The highest BCUT2D eigenvalue weighted by molar-refractivity contribution is 5.66. The van der Waals surface area contributed by atoms with Crippen LogP contribution in [0.4, 0.5) is 5.82 Å². The number of pyridine rings is 1. The van der Waals surface area contributed by atoms with Gasteiger partial charge in [-0.2, -0.15) is 0 Å². The molecule has 0 saturated carbocycles. The third-order valence-corrected chi connectivity index (χ3v) is 4.67. The zero-order valence-corrected chi connectivity index (χ0v) is 14.8. The van der Waals surface area contributed by atoms with E-state index in [1.165, 1.54) is 0 Å². The van der Waals surface area contributed by atoms with Crippen LogP contribution >= 0.6 is 0 Å². The number of rotatable bonds is 5. The van der Waals surface area contributed by atoms with Crippen LogP contribution in [0.3, 0.4) is 0 Å². The van der Waals surface area contributed by atoms with Crippen molar-refractivity contribution < 1.29 is 9.26 Å². The summed E-state index contributed by atoms with van der Waals surface area (Å²) >= 11 is 0. The van der Waals surface area contributed by atoms with E-state index < -0.39 is 0 Å². The van der Waals surface area contributed by atoms with Gasteiger partial charge in [-0.15, -0.1) is 0 Å². The zero-order chi connectivity index (χ0) is 17.8. The molecular weight excluding hydrogens is 328 g/mol. The summed E-state index contributed by atoms with van der Waals surface area (Å²) in [5.74, 6) is 2.72. The summed E-state index contributed by atoms with van der Waals surface area (Å²) in [6, 6.07) is 15.9. The minimum atomic E-state index is 0.762. The molecule has 0 amide bonds. The van der Waals surface area contributed by atoms with Gasteiger partial charge in [0, 0.05) is 44.0 Å². The van der Waals surface area contributed by atoms with Gasteiger partial charge in [0.05, 0.1) is 13.7 Å². The van der Waals surface area contributed by atoms with Crippen molar-refractivity contribution in [1.82, 2.24) is 15.0 Å². The standard InChI is InChI=1S/C20H22N4O2/c1-25-19-7-3-2-6-17(19)18-14-16(26-22-18)15-23-10-12-24(13-11-23)20-8-4-5-9-21-20/h2-9,14H,10-13,15H2,1H3. The minimum Gasteiger partial charge on any atom is -0.496 e. The van der Waals surface area contributed by atoms with Crippen molar-refractivity contribution >= 4 is 5.82 Å². The Morgan fingerprint density at radius 2 is 1.85 bits per heavy atom. The maximum absolute atomic E-state index is 5.56. The van der Waals surface area contributed by atoms with E-state index in [0.29, 0.717) is 0 Å². The maximum Gasteiger partial charge on any atom is 0.151 e. The molecule has 0 N–H and O–H groups in total. The van der Waals surface area contributed by atoms with Gasteiger partial charge in [0.25, 0.3) is 0 Å². The van der Waals surface area contributed by atoms with Gasteiger partial charge in [0.1, 0.15) is 17.3 Å². The number of hydrogen-bond acceptors (Lipinski definition) is 6. The summed E-state index contributed by atoms with van der Waals surface area (Å²) < 4.78 is 11.0. The second kappa shape index (κ2) is 7.58. The lowest BCUT2D eigenvalue weighted by molar-refractivity contribution is 0.219. The number of benzene rings is 1. The molecule has 6 heteroatoms. The molecular formula is C20H22N4O2. The van der Waals surface area contributed by atoms with E-state index in [-0.39, 0.29) is 0 Å². The molecule has 3 aromatic rings. The van der Waals surface area contributed by atoms with Crippen LogP contribution in [0.2, 0.25) is 0 Å². The fraction of sp³-hybridized carbons (Fsp3) is 0.300. The van der Waals surface area contributed by atoms with Crippen molar-refractivity contribution in [2.75, 3.05) is 38.2 Å². The first kappa shape index (κ1) is 16.6. The van der Waals surface area contributed by atoms with Gasteiger partial charge in [0.15, 0.2) is 5.76 Å². The highest BCUT2D eigenvalue weighted by atomic mass is 16.5. The third-order valence-electron chi connectivity index (χ3n) is 4.67. The fourth-order valence-electron chi connectivity index (χ4n) is 3.27. The SMILES string of the molecule is COc1ccccc1-c1cc(CN2CCN(c3ccccn3)CC2)on1. The number of anilines is 1. The lowest BCUT2D eigenvalue weighted by atomic mass is 10.1. The number of hydrogen-bond donors (Lipinski definition) is 0.